The molecular formula is C16H27N3O2. The van der Waals surface area contributed by atoms with Gasteiger partial charge in [-0.3, -0.25) is 9.69 Å². The third-order valence-corrected chi connectivity index (χ3v) is 4.13. The Labute approximate surface area is 127 Å². The summed E-state index contributed by atoms with van der Waals surface area (Å²) < 4.78 is 5.34. The molecule has 118 valence electrons. The Hall–Kier alpha value is -1.36. The number of aryl methyl sites for hydroxylation is 1. The summed E-state index contributed by atoms with van der Waals surface area (Å²) in [6.07, 6.45) is 2.57. The van der Waals surface area contributed by atoms with Gasteiger partial charge in [0, 0.05) is 31.6 Å². The number of amides is 1. The van der Waals surface area contributed by atoms with Crippen LogP contribution in [0.2, 0.25) is 0 Å². The lowest BCUT2D eigenvalue weighted by Gasteiger charge is -2.36. The van der Waals surface area contributed by atoms with Gasteiger partial charge in [-0.15, -0.1) is 0 Å². The van der Waals surface area contributed by atoms with Crippen LogP contribution < -0.4 is 0 Å². The first kappa shape index (κ1) is 16.0. The molecular weight excluding hydrogens is 266 g/mol. The van der Waals surface area contributed by atoms with Crippen molar-refractivity contribution in [1.82, 2.24) is 15.0 Å². The van der Waals surface area contributed by atoms with Crippen LogP contribution in [0.3, 0.4) is 0 Å². The number of hydrogen-bond donors (Lipinski definition) is 0. The van der Waals surface area contributed by atoms with E-state index < -0.39 is 0 Å². The van der Waals surface area contributed by atoms with E-state index >= 15 is 0 Å². The number of nitrogens with zero attached hydrogens (tertiary/aromatic N) is 3. The Kier molecular flexibility index (Phi) is 5.39. The number of aromatic nitrogens is 1. The van der Waals surface area contributed by atoms with Crippen molar-refractivity contribution in [2.45, 2.75) is 52.6 Å². The van der Waals surface area contributed by atoms with E-state index in [9.17, 15) is 4.79 Å². The van der Waals surface area contributed by atoms with Crippen molar-refractivity contribution in [3.05, 3.63) is 17.5 Å². The maximum atomic E-state index is 11.9. The molecule has 1 fully saturated rings. The lowest BCUT2D eigenvalue weighted by Crippen LogP contribution is -2.46. The Morgan fingerprint density at radius 1 is 1.52 bits per heavy atom. The van der Waals surface area contributed by atoms with E-state index in [1.165, 1.54) is 0 Å². The average Bonchev–Trinajstić information content (AvgIpc) is 2.88. The highest BCUT2D eigenvalue weighted by atomic mass is 16.5. The van der Waals surface area contributed by atoms with Crippen LogP contribution in [0.5, 0.6) is 0 Å². The molecule has 1 aliphatic heterocycles. The largest absolute Gasteiger partial charge is 0.360 e. The van der Waals surface area contributed by atoms with Crippen molar-refractivity contribution in [1.29, 1.82) is 0 Å². The van der Waals surface area contributed by atoms with E-state index in [1.807, 2.05) is 11.0 Å². The Balaban J connectivity index is 1.84. The second-order valence-corrected chi connectivity index (χ2v) is 6.38. The van der Waals surface area contributed by atoms with Gasteiger partial charge >= 0.3 is 0 Å². The molecule has 1 aromatic heterocycles. The molecule has 0 aliphatic carbocycles. The van der Waals surface area contributed by atoms with Crippen LogP contribution in [0.15, 0.2) is 10.6 Å². The highest BCUT2D eigenvalue weighted by molar-refractivity contribution is 5.77. The van der Waals surface area contributed by atoms with Gasteiger partial charge < -0.3 is 9.42 Å². The lowest BCUT2D eigenvalue weighted by molar-refractivity contribution is -0.136. The molecule has 1 atom stereocenters. The summed E-state index contributed by atoms with van der Waals surface area (Å²) in [6.45, 7) is 8.88. The van der Waals surface area contributed by atoms with E-state index in [0.29, 0.717) is 24.3 Å². The molecule has 5 heteroatoms. The first-order valence-electron chi connectivity index (χ1n) is 7.92. The Bertz CT molecular complexity index is 470. The van der Waals surface area contributed by atoms with Crippen molar-refractivity contribution in [3.63, 3.8) is 0 Å². The molecule has 1 amide bonds. The van der Waals surface area contributed by atoms with Gasteiger partial charge in [0.25, 0.3) is 0 Å². The highest BCUT2D eigenvalue weighted by Gasteiger charge is 2.28. The molecule has 21 heavy (non-hydrogen) atoms. The number of hydrogen-bond acceptors (Lipinski definition) is 4. The maximum absolute atomic E-state index is 11.9. The van der Waals surface area contributed by atoms with Crippen LogP contribution in [0.25, 0.3) is 0 Å². The summed E-state index contributed by atoms with van der Waals surface area (Å²) in [5.74, 6) is 1.76. The number of carbonyl (C=O) groups is 1. The van der Waals surface area contributed by atoms with E-state index in [1.54, 1.807) is 0 Å². The van der Waals surface area contributed by atoms with Gasteiger partial charge in [-0.25, -0.2) is 0 Å². The fraction of sp³-hybridized carbons (Fsp3) is 0.750. The van der Waals surface area contributed by atoms with E-state index in [0.717, 1.165) is 43.9 Å². The predicted octanol–water partition coefficient (Wildman–Crippen LogP) is 2.32. The van der Waals surface area contributed by atoms with Crippen LogP contribution in [0, 0.1) is 5.92 Å². The molecule has 0 bridgehead atoms. The van der Waals surface area contributed by atoms with E-state index in [2.05, 4.69) is 37.9 Å². The quantitative estimate of drug-likeness (QED) is 0.807. The van der Waals surface area contributed by atoms with Crippen LogP contribution >= 0.6 is 0 Å². The zero-order chi connectivity index (χ0) is 15.4. The maximum Gasteiger partial charge on any atom is 0.222 e. The molecule has 1 saturated heterocycles. The molecule has 1 aromatic rings. The van der Waals surface area contributed by atoms with Crippen molar-refractivity contribution in [2.75, 3.05) is 20.1 Å². The minimum absolute atomic E-state index is 0.298. The summed E-state index contributed by atoms with van der Waals surface area (Å²) in [4.78, 5) is 16.2. The lowest BCUT2D eigenvalue weighted by atomic mass is 9.96. The molecule has 2 rings (SSSR count). The molecule has 0 aromatic carbocycles. The highest BCUT2D eigenvalue weighted by Crippen LogP contribution is 2.21. The number of rotatable bonds is 6. The molecule has 0 saturated carbocycles. The Morgan fingerprint density at radius 3 is 2.90 bits per heavy atom. The summed E-state index contributed by atoms with van der Waals surface area (Å²) in [6, 6.07) is 2.33. The SMILES string of the molecule is CCc1cc(CN(C)CC2CCC(=O)N(C(C)C)C2)on1. The smallest absolute Gasteiger partial charge is 0.222 e. The van der Waals surface area contributed by atoms with Crippen molar-refractivity contribution >= 4 is 5.91 Å². The van der Waals surface area contributed by atoms with Gasteiger partial charge in [0.1, 0.15) is 0 Å². The molecule has 1 aliphatic rings. The first-order chi connectivity index (χ1) is 9.99. The normalized spacial score (nSPS) is 19.8. The summed E-state index contributed by atoms with van der Waals surface area (Å²) >= 11 is 0. The van der Waals surface area contributed by atoms with Gasteiger partial charge in [0.05, 0.1) is 12.2 Å². The second-order valence-electron chi connectivity index (χ2n) is 6.38. The van der Waals surface area contributed by atoms with Crippen LogP contribution in [-0.2, 0) is 17.8 Å². The monoisotopic (exact) mass is 293 g/mol. The van der Waals surface area contributed by atoms with E-state index in [-0.39, 0.29) is 0 Å². The summed E-state index contributed by atoms with van der Waals surface area (Å²) in [5, 5.41) is 4.03. The number of likely N-dealkylation sites (tertiary alicyclic amines) is 1. The summed E-state index contributed by atoms with van der Waals surface area (Å²) in [5.41, 5.74) is 1.01. The zero-order valence-electron chi connectivity index (χ0n) is 13.6. The number of carbonyl (C=O) groups excluding carboxylic acids is 1. The van der Waals surface area contributed by atoms with Crippen molar-refractivity contribution < 1.29 is 9.32 Å². The minimum Gasteiger partial charge on any atom is -0.360 e. The molecule has 5 nitrogen and oxygen atoms in total. The Morgan fingerprint density at radius 2 is 2.29 bits per heavy atom. The van der Waals surface area contributed by atoms with Crippen molar-refractivity contribution in [2.24, 2.45) is 5.92 Å². The predicted molar refractivity (Wildman–Crippen MR) is 81.8 cm³/mol. The standard InChI is InChI=1S/C16H27N3O2/c1-5-14-8-15(21-17-14)11-18(4)9-13-6-7-16(20)19(10-13)12(2)3/h8,12-13H,5-7,9-11H2,1-4H3. The molecule has 0 radical (unpaired) electrons. The minimum atomic E-state index is 0.298. The molecule has 1 unspecified atom stereocenters. The van der Waals surface area contributed by atoms with Gasteiger partial charge in [0.15, 0.2) is 5.76 Å². The fourth-order valence-electron chi connectivity index (χ4n) is 2.96. The second kappa shape index (κ2) is 7.07. The van der Waals surface area contributed by atoms with Gasteiger partial charge in [-0.2, -0.15) is 0 Å². The van der Waals surface area contributed by atoms with Crippen LogP contribution in [0.4, 0.5) is 0 Å². The number of piperidine rings is 1. The van der Waals surface area contributed by atoms with Crippen LogP contribution in [0.1, 0.15) is 45.1 Å². The van der Waals surface area contributed by atoms with Gasteiger partial charge in [-0.05, 0) is 39.7 Å². The van der Waals surface area contributed by atoms with Gasteiger partial charge in [0.2, 0.25) is 5.91 Å². The van der Waals surface area contributed by atoms with Crippen molar-refractivity contribution in [3.8, 4) is 0 Å². The first-order valence-corrected chi connectivity index (χ1v) is 7.92. The molecule has 0 N–H and O–H groups in total. The third kappa shape index (κ3) is 4.30. The van der Waals surface area contributed by atoms with Gasteiger partial charge in [-0.1, -0.05) is 12.1 Å². The zero-order valence-corrected chi connectivity index (χ0v) is 13.6. The summed E-state index contributed by atoms with van der Waals surface area (Å²) in [7, 11) is 2.10. The van der Waals surface area contributed by atoms with E-state index in [4.69, 9.17) is 4.52 Å². The van der Waals surface area contributed by atoms with Crippen LogP contribution in [-0.4, -0.2) is 47.0 Å². The average molecular weight is 293 g/mol. The molecule has 0 spiro atoms. The topological polar surface area (TPSA) is 49.6 Å². The fourth-order valence-corrected chi connectivity index (χ4v) is 2.96. The third-order valence-electron chi connectivity index (χ3n) is 4.13. The molecule has 2 heterocycles.